The zero-order valence-corrected chi connectivity index (χ0v) is 11.2. The third kappa shape index (κ3) is 3.02. The van der Waals surface area contributed by atoms with Crippen molar-refractivity contribution in [3.8, 4) is 0 Å². The van der Waals surface area contributed by atoms with Crippen molar-refractivity contribution in [3.63, 3.8) is 0 Å². The summed E-state index contributed by atoms with van der Waals surface area (Å²) >= 11 is 0. The minimum Gasteiger partial charge on any atom is -0.481 e. The molecule has 0 aromatic carbocycles. The lowest BCUT2D eigenvalue weighted by atomic mass is 9.97. The fourth-order valence-electron chi connectivity index (χ4n) is 2.84. The highest BCUT2D eigenvalue weighted by molar-refractivity contribution is 7.87. The summed E-state index contributed by atoms with van der Waals surface area (Å²) in [5.74, 6) is -1.27. The molecule has 0 amide bonds. The lowest BCUT2D eigenvalue weighted by Gasteiger charge is -2.20. The fraction of sp³-hybridized carbons (Fsp3) is 0.909. The Kier molecular flexibility index (Phi) is 4.24. The second kappa shape index (κ2) is 5.54. The van der Waals surface area contributed by atoms with E-state index < -0.39 is 22.1 Å². The van der Waals surface area contributed by atoms with Crippen LogP contribution in [0.15, 0.2) is 0 Å². The van der Waals surface area contributed by atoms with Gasteiger partial charge in [-0.2, -0.15) is 12.7 Å². The number of carbonyl (C=O) groups is 1. The van der Waals surface area contributed by atoms with Crippen molar-refractivity contribution in [1.29, 1.82) is 0 Å². The zero-order valence-electron chi connectivity index (χ0n) is 10.3. The number of carboxylic acids is 1. The van der Waals surface area contributed by atoms with Gasteiger partial charge in [0.05, 0.1) is 5.92 Å². The molecular formula is C11H20N2O4S. The van der Waals surface area contributed by atoms with Crippen LogP contribution in [-0.4, -0.2) is 43.4 Å². The normalized spacial score (nSPS) is 29.8. The molecule has 0 bridgehead atoms. The van der Waals surface area contributed by atoms with Gasteiger partial charge < -0.3 is 5.11 Å². The largest absolute Gasteiger partial charge is 0.481 e. The molecule has 0 radical (unpaired) electrons. The van der Waals surface area contributed by atoms with Gasteiger partial charge in [-0.15, -0.1) is 0 Å². The maximum absolute atomic E-state index is 11.9. The predicted molar refractivity (Wildman–Crippen MR) is 66.2 cm³/mol. The first-order valence-corrected chi connectivity index (χ1v) is 7.92. The van der Waals surface area contributed by atoms with Crippen LogP contribution >= 0.6 is 0 Å². The number of carboxylic acid groups (broad SMARTS) is 1. The molecule has 1 saturated heterocycles. The van der Waals surface area contributed by atoms with E-state index in [4.69, 9.17) is 5.11 Å². The Labute approximate surface area is 108 Å². The Bertz CT molecular complexity index is 403. The first-order chi connectivity index (χ1) is 8.50. The van der Waals surface area contributed by atoms with Crippen LogP contribution in [0.3, 0.4) is 0 Å². The molecule has 1 saturated carbocycles. The third-order valence-corrected chi connectivity index (χ3v) is 5.49. The van der Waals surface area contributed by atoms with Gasteiger partial charge in [0.25, 0.3) is 10.2 Å². The smallest absolute Gasteiger partial charge is 0.306 e. The van der Waals surface area contributed by atoms with Gasteiger partial charge in [-0.05, 0) is 31.6 Å². The molecular weight excluding hydrogens is 256 g/mol. The van der Waals surface area contributed by atoms with Gasteiger partial charge in [0.2, 0.25) is 0 Å². The Morgan fingerprint density at radius 2 is 1.89 bits per heavy atom. The second-order valence-corrected chi connectivity index (χ2v) is 6.85. The van der Waals surface area contributed by atoms with Crippen LogP contribution in [0.2, 0.25) is 0 Å². The highest BCUT2D eigenvalue weighted by atomic mass is 32.2. The number of nitrogens with one attached hydrogen (secondary N) is 1. The van der Waals surface area contributed by atoms with E-state index in [1.165, 1.54) is 4.31 Å². The van der Waals surface area contributed by atoms with E-state index in [1.807, 2.05) is 0 Å². The van der Waals surface area contributed by atoms with Gasteiger partial charge in [0, 0.05) is 19.6 Å². The number of nitrogens with zero attached hydrogens (tertiary/aromatic N) is 1. The van der Waals surface area contributed by atoms with E-state index in [1.54, 1.807) is 0 Å². The summed E-state index contributed by atoms with van der Waals surface area (Å²) in [4.78, 5) is 11.0. The zero-order chi connectivity index (χ0) is 13.2. The van der Waals surface area contributed by atoms with Gasteiger partial charge in [0.1, 0.15) is 0 Å². The predicted octanol–water partition coefficient (Wildman–Crippen LogP) is 0.417. The minimum absolute atomic E-state index is 0.0696. The van der Waals surface area contributed by atoms with Crippen LogP contribution in [0.25, 0.3) is 0 Å². The van der Waals surface area contributed by atoms with E-state index in [9.17, 15) is 13.2 Å². The maximum Gasteiger partial charge on any atom is 0.306 e. The summed E-state index contributed by atoms with van der Waals surface area (Å²) in [6.45, 7) is 1.39. The lowest BCUT2D eigenvalue weighted by Crippen LogP contribution is -2.42. The third-order valence-electron chi connectivity index (χ3n) is 3.91. The molecule has 0 aromatic heterocycles. The summed E-state index contributed by atoms with van der Waals surface area (Å²) in [6.07, 6.45) is 4.13. The highest BCUT2D eigenvalue weighted by Gasteiger charge is 2.34. The maximum atomic E-state index is 11.9. The van der Waals surface area contributed by atoms with Crippen molar-refractivity contribution >= 4 is 16.2 Å². The van der Waals surface area contributed by atoms with E-state index in [0.717, 1.165) is 25.7 Å². The molecule has 2 unspecified atom stereocenters. The molecule has 2 rings (SSSR count). The Morgan fingerprint density at radius 3 is 2.50 bits per heavy atom. The Morgan fingerprint density at radius 1 is 1.22 bits per heavy atom. The average Bonchev–Trinajstić information content (AvgIpc) is 2.97. The Hall–Kier alpha value is -0.660. The lowest BCUT2D eigenvalue weighted by molar-refractivity contribution is -0.142. The van der Waals surface area contributed by atoms with Crippen LogP contribution in [0, 0.1) is 11.8 Å². The van der Waals surface area contributed by atoms with Gasteiger partial charge in [-0.25, -0.2) is 4.72 Å². The molecule has 0 aromatic rings. The van der Waals surface area contributed by atoms with Crippen LogP contribution < -0.4 is 4.72 Å². The first-order valence-electron chi connectivity index (χ1n) is 6.48. The molecule has 6 nitrogen and oxygen atoms in total. The minimum atomic E-state index is -3.41. The summed E-state index contributed by atoms with van der Waals surface area (Å²) in [6, 6.07) is 0. The molecule has 1 aliphatic heterocycles. The standard InChI is InChI=1S/C11H20N2O4S/c14-11(15)10-5-3-4-9(10)8-12-18(16,17)13-6-1-2-7-13/h9-10,12H,1-8H2,(H,14,15). The number of hydrogen-bond donors (Lipinski definition) is 2. The topological polar surface area (TPSA) is 86.7 Å². The van der Waals surface area contributed by atoms with Gasteiger partial charge in [0.15, 0.2) is 0 Å². The van der Waals surface area contributed by atoms with Crippen LogP contribution in [0.5, 0.6) is 0 Å². The summed E-state index contributed by atoms with van der Waals surface area (Å²) in [7, 11) is -3.41. The summed E-state index contributed by atoms with van der Waals surface area (Å²) in [5.41, 5.74) is 0. The number of hydrogen-bond acceptors (Lipinski definition) is 3. The van der Waals surface area contributed by atoms with E-state index in [2.05, 4.69) is 4.72 Å². The monoisotopic (exact) mass is 276 g/mol. The van der Waals surface area contributed by atoms with Crippen LogP contribution in [-0.2, 0) is 15.0 Å². The molecule has 2 N–H and O–H groups in total. The molecule has 1 heterocycles. The van der Waals surface area contributed by atoms with Gasteiger partial charge in [-0.1, -0.05) is 6.42 Å². The van der Waals surface area contributed by atoms with Crippen LogP contribution in [0.4, 0.5) is 0 Å². The van der Waals surface area contributed by atoms with Crippen molar-refractivity contribution in [1.82, 2.24) is 9.03 Å². The molecule has 18 heavy (non-hydrogen) atoms. The van der Waals surface area contributed by atoms with Gasteiger partial charge >= 0.3 is 5.97 Å². The first kappa shape index (κ1) is 13.8. The highest BCUT2D eigenvalue weighted by Crippen LogP contribution is 2.31. The van der Waals surface area contributed by atoms with E-state index in [0.29, 0.717) is 19.5 Å². The van der Waals surface area contributed by atoms with Crippen molar-refractivity contribution < 1.29 is 18.3 Å². The molecule has 2 aliphatic rings. The molecule has 0 spiro atoms. The molecule has 1 aliphatic carbocycles. The van der Waals surface area contributed by atoms with Gasteiger partial charge in [-0.3, -0.25) is 4.79 Å². The molecule has 7 heteroatoms. The fourth-order valence-corrected chi connectivity index (χ4v) is 4.18. The van der Waals surface area contributed by atoms with Crippen molar-refractivity contribution in [2.24, 2.45) is 11.8 Å². The summed E-state index contributed by atoms with van der Waals surface area (Å²) in [5, 5.41) is 9.04. The quantitative estimate of drug-likeness (QED) is 0.762. The molecule has 2 atom stereocenters. The second-order valence-electron chi connectivity index (χ2n) is 5.10. The molecule has 104 valence electrons. The van der Waals surface area contributed by atoms with Crippen molar-refractivity contribution in [2.75, 3.05) is 19.6 Å². The van der Waals surface area contributed by atoms with E-state index in [-0.39, 0.29) is 12.5 Å². The van der Waals surface area contributed by atoms with Crippen molar-refractivity contribution in [2.45, 2.75) is 32.1 Å². The van der Waals surface area contributed by atoms with Crippen LogP contribution in [0.1, 0.15) is 32.1 Å². The summed E-state index contributed by atoms with van der Waals surface area (Å²) < 4.78 is 27.9. The average molecular weight is 276 g/mol. The Balaban J connectivity index is 1.89. The SMILES string of the molecule is O=C(O)C1CCCC1CNS(=O)(=O)N1CCCC1. The number of aliphatic carboxylic acids is 1. The number of rotatable bonds is 5. The molecule has 2 fully saturated rings. The van der Waals surface area contributed by atoms with Crippen molar-refractivity contribution in [3.05, 3.63) is 0 Å². The van der Waals surface area contributed by atoms with E-state index >= 15 is 0 Å².